The molecule has 3 aromatic carbocycles. The second-order valence-corrected chi connectivity index (χ2v) is 7.09. The quantitative estimate of drug-likeness (QED) is 0.649. The molecular weight excluding hydrogens is 374 g/mol. The number of amides is 3. The van der Waals surface area contributed by atoms with Gasteiger partial charge in [0.1, 0.15) is 6.54 Å². The highest BCUT2D eigenvalue weighted by atomic mass is 35.5. The van der Waals surface area contributed by atoms with Crippen LogP contribution < -0.4 is 10.6 Å². The number of fused-ring (bicyclic) bond motifs is 1. The first-order valence-electron chi connectivity index (χ1n) is 8.99. The molecule has 0 saturated heterocycles. The highest BCUT2D eigenvalue weighted by Crippen LogP contribution is 2.23. The summed E-state index contributed by atoms with van der Waals surface area (Å²) < 4.78 is 0. The topological polar surface area (TPSA) is 61.4 Å². The van der Waals surface area contributed by atoms with Crippen molar-refractivity contribution in [1.82, 2.24) is 10.2 Å². The summed E-state index contributed by atoms with van der Waals surface area (Å²) in [7, 11) is 1.59. The van der Waals surface area contributed by atoms with Crippen molar-refractivity contribution in [1.29, 1.82) is 0 Å². The van der Waals surface area contributed by atoms with Crippen molar-refractivity contribution in [3.63, 3.8) is 0 Å². The lowest BCUT2D eigenvalue weighted by atomic mass is 10.1. The molecule has 6 heteroatoms. The largest absolute Gasteiger partial charge is 0.331 e. The second-order valence-electron chi connectivity index (χ2n) is 6.66. The Morgan fingerprint density at radius 2 is 1.75 bits per heavy atom. The number of anilines is 1. The number of hydrogen-bond acceptors (Lipinski definition) is 2. The van der Waals surface area contributed by atoms with Gasteiger partial charge >= 0.3 is 6.03 Å². The van der Waals surface area contributed by atoms with Crippen LogP contribution in [0.4, 0.5) is 10.5 Å². The molecule has 0 aliphatic carbocycles. The summed E-state index contributed by atoms with van der Waals surface area (Å²) in [5.74, 6) is -0.260. The Kier molecular flexibility index (Phi) is 6.16. The van der Waals surface area contributed by atoms with Crippen molar-refractivity contribution in [3.8, 4) is 0 Å². The van der Waals surface area contributed by atoms with E-state index in [-0.39, 0.29) is 24.5 Å². The molecule has 1 unspecified atom stereocenters. The maximum atomic E-state index is 12.4. The first-order valence-corrected chi connectivity index (χ1v) is 9.36. The minimum atomic E-state index is -0.333. The normalized spacial score (nSPS) is 11.7. The van der Waals surface area contributed by atoms with E-state index in [0.29, 0.717) is 5.02 Å². The van der Waals surface area contributed by atoms with Gasteiger partial charge in [-0.15, -0.1) is 0 Å². The van der Waals surface area contributed by atoms with Gasteiger partial charge < -0.3 is 15.5 Å². The summed E-state index contributed by atoms with van der Waals surface area (Å²) in [5.41, 5.74) is 1.62. The number of likely N-dealkylation sites (N-methyl/N-ethyl adjacent to an activating group) is 1. The van der Waals surface area contributed by atoms with Gasteiger partial charge in [-0.05, 0) is 36.1 Å². The van der Waals surface area contributed by atoms with Gasteiger partial charge in [-0.2, -0.15) is 0 Å². The number of carbonyl (C=O) groups is 2. The summed E-state index contributed by atoms with van der Waals surface area (Å²) in [4.78, 5) is 26.2. The predicted octanol–water partition coefficient (Wildman–Crippen LogP) is 4.83. The summed E-state index contributed by atoms with van der Waals surface area (Å²) in [6.07, 6.45) is 0. The molecule has 0 aromatic heterocycles. The molecule has 0 aliphatic rings. The Morgan fingerprint density at radius 1 is 1.04 bits per heavy atom. The van der Waals surface area contributed by atoms with Crippen LogP contribution in [-0.2, 0) is 4.79 Å². The molecule has 28 heavy (non-hydrogen) atoms. The van der Waals surface area contributed by atoms with E-state index >= 15 is 0 Å². The van der Waals surface area contributed by atoms with Crippen LogP contribution in [0, 0.1) is 0 Å². The van der Waals surface area contributed by atoms with Crippen LogP contribution in [0.1, 0.15) is 18.5 Å². The third-order valence-corrected chi connectivity index (χ3v) is 4.71. The number of nitrogens with zero attached hydrogens (tertiary/aromatic N) is 1. The second kappa shape index (κ2) is 8.76. The summed E-state index contributed by atoms with van der Waals surface area (Å²) in [6, 6.07) is 20.3. The molecule has 1 atom stereocenters. The third kappa shape index (κ3) is 4.81. The van der Waals surface area contributed by atoms with E-state index in [1.54, 1.807) is 19.2 Å². The average Bonchev–Trinajstić information content (AvgIpc) is 2.68. The van der Waals surface area contributed by atoms with E-state index < -0.39 is 0 Å². The highest BCUT2D eigenvalue weighted by molar-refractivity contribution is 6.30. The fourth-order valence-electron chi connectivity index (χ4n) is 2.97. The molecule has 0 radical (unpaired) electrons. The van der Waals surface area contributed by atoms with Crippen molar-refractivity contribution >= 4 is 40.0 Å². The zero-order valence-corrected chi connectivity index (χ0v) is 16.5. The van der Waals surface area contributed by atoms with Crippen LogP contribution in [0.15, 0.2) is 66.7 Å². The van der Waals surface area contributed by atoms with Gasteiger partial charge in [-0.3, -0.25) is 4.79 Å². The number of nitrogens with one attached hydrogen (secondary N) is 2. The first-order chi connectivity index (χ1) is 13.4. The number of hydrogen-bond donors (Lipinski definition) is 2. The molecule has 2 N–H and O–H groups in total. The van der Waals surface area contributed by atoms with Gasteiger partial charge in [-0.1, -0.05) is 60.1 Å². The summed E-state index contributed by atoms with van der Waals surface area (Å²) >= 11 is 6.00. The molecule has 144 valence electrons. The number of carbonyl (C=O) groups excluding carboxylic acids is 2. The summed E-state index contributed by atoms with van der Waals surface area (Å²) in [5, 5.41) is 8.37. The number of urea groups is 1. The Bertz CT molecular complexity index is 1000. The van der Waals surface area contributed by atoms with Gasteiger partial charge in [0.15, 0.2) is 0 Å². The molecule has 0 heterocycles. The lowest BCUT2D eigenvalue weighted by Crippen LogP contribution is -2.42. The SMILES string of the molecule is CC(NC(=O)N(C)CC(=O)Nc1cccc2ccccc12)c1cccc(Cl)c1. The smallest absolute Gasteiger partial charge is 0.318 e. The monoisotopic (exact) mass is 395 g/mol. The van der Waals surface area contributed by atoms with Crippen molar-refractivity contribution in [2.75, 3.05) is 18.9 Å². The molecular formula is C22H22ClN3O2. The van der Waals surface area contributed by atoms with E-state index in [1.165, 1.54) is 4.90 Å². The van der Waals surface area contributed by atoms with E-state index in [4.69, 9.17) is 11.6 Å². The molecule has 3 amide bonds. The fourth-order valence-corrected chi connectivity index (χ4v) is 3.16. The minimum Gasteiger partial charge on any atom is -0.331 e. The Labute approximate surface area is 169 Å². The molecule has 0 fully saturated rings. The molecule has 3 aromatic rings. The Balaban J connectivity index is 1.59. The Morgan fingerprint density at radius 3 is 2.54 bits per heavy atom. The van der Waals surface area contributed by atoms with Crippen LogP contribution in [0.25, 0.3) is 10.8 Å². The minimum absolute atomic E-state index is 0.0582. The zero-order valence-electron chi connectivity index (χ0n) is 15.8. The Hall–Kier alpha value is -3.05. The molecule has 0 aliphatic heterocycles. The van der Waals surface area contributed by atoms with Crippen molar-refractivity contribution in [2.45, 2.75) is 13.0 Å². The number of rotatable bonds is 5. The van der Waals surface area contributed by atoms with Gasteiger partial charge in [0.25, 0.3) is 0 Å². The lowest BCUT2D eigenvalue weighted by molar-refractivity contribution is -0.116. The lowest BCUT2D eigenvalue weighted by Gasteiger charge is -2.21. The molecule has 0 bridgehead atoms. The standard InChI is InChI=1S/C22H22ClN3O2/c1-15(17-9-5-10-18(23)13-17)24-22(28)26(2)14-21(27)25-20-12-6-8-16-7-3-4-11-19(16)20/h3-13,15H,14H2,1-2H3,(H,24,28)(H,25,27). The van der Waals surface area contributed by atoms with E-state index in [0.717, 1.165) is 22.0 Å². The molecule has 0 spiro atoms. The van der Waals surface area contributed by atoms with Crippen LogP contribution in [0.2, 0.25) is 5.02 Å². The maximum absolute atomic E-state index is 12.4. The van der Waals surface area contributed by atoms with Crippen LogP contribution in [0.3, 0.4) is 0 Å². The number of halogens is 1. The van der Waals surface area contributed by atoms with Crippen LogP contribution in [-0.4, -0.2) is 30.4 Å². The summed E-state index contributed by atoms with van der Waals surface area (Å²) in [6.45, 7) is 1.81. The molecule has 5 nitrogen and oxygen atoms in total. The van der Waals surface area contributed by atoms with Gasteiger partial charge in [0, 0.05) is 23.1 Å². The highest BCUT2D eigenvalue weighted by Gasteiger charge is 2.16. The van der Waals surface area contributed by atoms with Crippen molar-refractivity contribution < 1.29 is 9.59 Å². The van der Waals surface area contributed by atoms with E-state index in [9.17, 15) is 9.59 Å². The van der Waals surface area contributed by atoms with E-state index in [2.05, 4.69) is 10.6 Å². The van der Waals surface area contributed by atoms with E-state index in [1.807, 2.05) is 61.5 Å². The maximum Gasteiger partial charge on any atom is 0.318 e. The van der Waals surface area contributed by atoms with Crippen molar-refractivity contribution in [3.05, 3.63) is 77.3 Å². The van der Waals surface area contributed by atoms with Crippen LogP contribution >= 0.6 is 11.6 Å². The van der Waals surface area contributed by atoms with Crippen LogP contribution in [0.5, 0.6) is 0 Å². The molecule has 3 rings (SSSR count). The molecule has 0 saturated carbocycles. The predicted molar refractivity (Wildman–Crippen MR) is 114 cm³/mol. The third-order valence-electron chi connectivity index (χ3n) is 4.48. The van der Waals surface area contributed by atoms with Gasteiger partial charge in [0.2, 0.25) is 5.91 Å². The fraction of sp³-hybridized carbons (Fsp3) is 0.182. The zero-order chi connectivity index (χ0) is 20.1. The first kappa shape index (κ1) is 19.7. The number of benzene rings is 3. The van der Waals surface area contributed by atoms with Crippen molar-refractivity contribution in [2.24, 2.45) is 0 Å². The van der Waals surface area contributed by atoms with Gasteiger partial charge in [-0.25, -0.2) is 4.79 Å². The van der Waals surface area contributed by atoms with Gasteiger partial charge in [0.05, 0.1) is 6.04 Å². The average molecular weight is 396 g/mol.